The molecule has 1 spiro atoms. The predicted molar refractivity (Wildman–Crippen MR) is 52.8 cm³/mol. The van der Waals surface area contributed by atoms with Crippen molar-refractivity contribution in [1.29, 1.82) is 0 Å². The lowest BCUT2D eigenvalue weighted by molar-refractivity contribution is -0.0861. The van der Waals surface area contributed by atoms with Crippen LogP contribution in [0, 0.1) is 5.41 Å². The Morgan fingerprint density at radius 1 is 1.29 bits per heavy atom. The van der Waals surface area contributed by atoms with Crippen molar-refractivity contribution in [2.45, 2.75) is 25.8 Å². The Labute approximate surface area is 83.9 Å². The van der Waals surface area contributed by atoms with Crippen molar-refractivity contribution in [3.63, 3.8) is 0 Å². The second kappa shape index (κ2) is 2.79. The van der Waals surface area contributed by atoms with Crippen LogP contribution in [-0.2, 0) is 0 Å². The molecule has 0 bridgehead atoms. The van der Waals surface area contributed by atoms with Crippen LogP contribution in [0.5, 0.6) is 0 Å². The average molecular weight is 192 g/mol. The van der Waals surface area contributed by atoms with Crippen LogP contribution >= 0.6 is 0 Å². The molecule has 2 heterocycles. The molecule has 1 aliphatic carbocycles. The Balaban J connectivity index is 1.58. The summed E-state index contributed by atoms with van der Waals surface area (Å²) < 4.78 is 2.15. The lowest BCUT2D eigenvalue weighted by Crippen LogP contribution is -2.61. The quantitative estimate of drug-likeness (QED) is 0.699. The van der Waals surface area contributed by atoms with E-state index in [1.807, 2.05) is 12.7 Å². The summed E-state index contributed by atoms with van der Waals surface area (Å²) in [5, 5.41) is 7.70. The summed E-state index contributed by atoms with van der Waals surface area (Å²) >= 11 is 0. The van der Waals surface area contributed by atoms with Gasteiger partial charge in [0.15, 0.2) is 0 Å². The van der Waals surface area contributed by atoms with Crippen molar-refractivity contribution < 1.29 is 0 Å². The number of hydrogen-bond donors (Lipinski definition) is 0. The first kappa shape index (κ1) is 8.41. The molecule has 0 aromatic carbocycles. The summed E-state index contributed by atoms with van der Waals surface area (Å²) in [6.07, 6.45) is 6.32. The third-order valence-electron chi connectivity index (χ3n) is 3.76. The van der Waals surface area contributed by atoms with E-state index in [9.17, 15) is 0 Å². The zero-order chi connectivity index (χ0) is 9.60. The molecular weight excluding hydrogens is 176 g/mol. The number of nitrogens with zero attached hydrogens (tertiary/aromatic N) is 4. The molecular formula is C10H16N4. The van der Waals surface area contributed by atoms with Crippen molar-refractivity contribution in [2.24, 2.45) is 5.41 Å². The van der Waals surface area contributed by atoms with Gasteiger partial charge in [-0.2, -0.15) is 0 Å². The minimum atomic E-state index is 0.658. The van der Waals surface area contributed by atoms with Crippen LogP contribution in [0.25, 0.3) is 0 Å². The Kier molecular flexibility index (Phi) is 1.68. The van der Waals surface area contributed by atoms with E-state index in [-0.39, 0.29) is 0 Å². The van der Waals surface area contributed by atoms with Crippen LogP contribution in [-0.4, -0.2) is 39.3 Å². The molecule has 1 aliphatic heterocycles. The highest BCUT2D eigenvalue weighted by Crippen LogP contribution is 2.53. The second-order valence-corrected chi connectivity index (χ2v) is 4.77. The molecule has 1 saturated carbocycles. The number of likely N-dealkylation sites (tertiary alicyclic amines) is 1. The zero-order valence-corrected chi connectivity index (χ0v) is 8.56. The molecule has 0 atom stereocenters. The highest BCUT2D eigenvalue weighted by Gasteiger charge is 2.52. The van der Waals surface area contributed by atoms with E-state index < -0.39 is 0 Å². The zero-order valence-electron chi connectivity index (χ0n) is 8.56. The van der Waals surface area contributed by atoms with E-state index in [2.05, 4.69) is 26.6 Å². The molecule has 1 aromatic rings. The molecule has 4 nitrogen and oxygen atoms in total. The Hall–Kier alpha value is -0.900. The first-order valence-corrected chi connectivity index (χ1v) is 5.38. The fraction of sp³-hybridized carbons (Fsp3) is 0.800. The van der Waals surface area contributed by atoms with Gasteiger partial charge in [0.2, 0.25) is 0 Å². The van der Waals surface area contributed by atoms with Crippen molar-refractivity contribution >= 4 is 0 Å². The van der Waals surface area contributed by atoms with Crippen LogP contribution in [0.15, 0.2) is 12.7 Å². The Bertz CT molecular complexity index is 305. The van der Waals surface area contributed by atoms with Crippen molar-refractivity contribution in [3.8, 4) is 0 Å². The maximum atomic E-state index is 3.85. The third-order valence-corrected chi connectivity index (χ3v) is 3.76. The first-order chi connectivity index (χ1) is 6.81. The maximum absolute atomic E-state index is 3.85. The van der Waals surface area contributed by atoms with Crippen molar-refractivity contribution in [2.75, 3.05) is 19.6 Å². The van der Waals surface area contributed by atoms with E-state index in [1.54, 1.807) is 0 Å². The van der Waals surface area contributed by atoms with Crippen LogP contribution < -0.4 is 0 Å². The fourth-order valence-corrected chi connectivity index (χ4v) is 2.93. The minimum Gasteiger partial charge on any atom is -0.317 e. The second-order valence-electron chi connectivity index (χ2n) is 4.77. The van der Waals surface area contributed by atoms with Crippen LogP contribution in [0.1, 0.15) is 25.8 Å². The van der Waals surface area contributed by atoms with Gasteiger partial charge in [-0.05, 0) is 24.8 Å². The SMILES string of the molecule is CCN1CC2(CC(n3cnnc3)C2)C1. The molecule has 1 aromatic heterocycles. The van der Waals surface area contributed by atoms with Crippen LogP contribution in [0.3, 0.4) is 0 Å². The molecule has 0 unspecified atom stereocenters. The van der Waals surface area contributed by atoms with E-state index in [4.69, 9.17) is 0 Å². The van der Waals surface area contributed by atoms with E-state index in [1.165, 1.54) is 32.5 Å². The molecule has 2 fully saturated rings. The lowest BCUT2D eigenvalue weighted by atomic mass is 9.60. The first-order valence-electron chi connectivity index (χ1n) is 5.38. The topological polar surface area (TPSA) is 34.0 Å². The molecule has 4 heteroatoms. The summed E-state index contributed by atoms with van der Waals surface area (Å²) in [5.41, 5.74) is 0.658. The van der Waals surface area contributed by atoms with E-state index in [0.29, 0.717) is 11.5 Å². The van der Waals surface area contributed by atoms with Crippen LogP contribution in [0.2, 0.25) is 0 Å². The third kappa shape index (κ3) is 1.10. The van der Waals surface area contributed by atoms with Gasteiger partial charge in [0, 0.05) is 19.1 Å². The molecule has 76 valence electrons. The average Bonchev–Trinajstić information content (AvgIpc) is 2.52. The molecule has 3 rings (SSSR count). The molecule has 1 saturated heterocycles. The molecule has 14 heavy (non-hydrogen) atoms. The summed E-state index contributed by atoms with van der Waals surface area (Å²) in [6, 6.07) is 0.670. The van der Waals surface area contributed by atoms with Gasteiger partial charge in [-0.1, -0.05) is 6.92 Å². The van der Waals surface area contributed by atoms with Crippen molar-refractivity contribution in [1.82, 2.24) is 19.7 Å². The van der Waals surface area contributed by atoms with Gasteiger partial charge >= 0.3 is 0 Å². The summed E-state index contributed by atoms with van der Waals surface area (Å²) in [5.74, 6) is 0. The summed E-state index contributed by atoms with van der Waals surface area (Å²) in [6.45, 7) is 6.06. The highest BCUT2D eigenvalue weighted by molar-refractivity contribution is 5.05. The van der Waals surface area contributed by atoms with Gasteiger partial charge < -0.3 is 9.47 Å². The number of hydrogen-bond acceptors (Lipinski definition) is 3. The summed E-state index contributed by atoms with van der Waals surface area (Å²) in [4.78, 5) is 2.52. The van der Waals surface area contributed by atoms with Gasteiger partial charge in [0.1, 0.15) is 12.7 Å². The normalized spacial score (nSPS) is 26.1. The van der Waals surface area contributed by atoms with Gasteiger partial charge in [-0.25, -0.2) is 0 Å². The predicted octanol–water partition coefficient (Wildman–Crippen LogP) is 0.935. The lowest BCUT2D eigenvalue weighted by Gasteiger charge is -2.59. The summed E-state index contributed by atoms with van der Waals surface area (Å²) in [7, 11) is 0. The molecule has 0 amide bonds. The van der Waals surface area contributed by atoms with Gasteiger partial charge in [-0.3, -0.25) is 0 Å². The van der Waals surface area contributed by atoms with E-state index >= 15 is 0 Å². The molecule has 0 radical (unpaired) electrons. The maximum Gasteiger partial charge on any atom is 0.119 e. The van der Waals surface area contributed by atoms with Gasteiger partial charge in [0.25, 0.3) is 0 Å². The Morgan fingerprint density at radius 2 is 1.93 bits per heavy atom. The molecule has 2 aliphatic rings. The minimum absolute atomic E-state index is 0.658. The van der Waals surface area contributed by atoms with Crippen LogP contribution in [0.4, 0.5) is 0 Å². The Morgan fingerprint density at radius 3 is 2.50 bits per heavy atom. The van der Waals surface area contributed by atoms with E-state index in [0.717, 1.165) is 0 Å². The standard InChI is InChI=1S/C10H16N4/c1-2-13-5-10(6-13)3-9(4-10)14-7-11-12-8-14/h7-9H,2-6H2,1H3. The monoisotopic (exact) mass is 192 g/mol. The van der Waals surface area contributed by atoms with Gasteiger partial charge in [-0.15, -0.1) is 10.2 Å². The number of rotatable bonds is 2. The number of aromatic nitrogens is 3. The molecule has 0 N–H and O–H groups in total. The fourth-order valence-electron chi connectivity index (χ4n) is 2.93. The highest BCUT2D eigenvalue weighted by atomic mass is 15.3. The van der Waals surface area contributed by atoms with Gasteiger partial charge in [0.05, 0.1) is 0 Å². The largest absolute Gasteiger partial charge is 0.317 e. The van der Waals surface area contributed by atoms with Crippen molar-refractivity contribution in [3.05, 3.63) is 12.7 Å². The smallest absolute Gasteiger partial charge is 0.119 e.